The maximum atomic E-state index is 11.8. The van der Waals surface area contributed by atoms with Crippen LogP contribution < -0.4 is 10.6 Å². The highest BCUT2D eigenvalue weighted by atomic mass is 32.1. The molecule has 118 valence electrons. The molecule has 1 aromatic heterocycles. The maximum Gasteiger partial charge on any atom is 0.350 e. The number of esters is 1. The molecule has 0 atom stereocenters. The van der Waals surface area contributed by atoms with E-state index in [0.717, 1.165) is 24.0 Å². The van der Waals surface area contributed by atoms with Gasteiger partial charge in [0.05, 0.1) is 17.3 Å². The highest BCUT2D eigenvalue weighted by molar-refractivity contribution is 7.18. The molecule has 1 saturated heterocycles. The minimum atomic E-state index is -0.309. The molecule has 0 radical (unpaired) electrons. The van der Waals surface area contributed by atoms with E-state index in [0.29, 0.717) is 22.6 Å². The van der Waals surface area contributed by atoms with Crippen molar-refractivity contribution in [1.82, 2.24) is 0 Å². The number of hydrogen-bond donors (Lipinski definition) is 1. The molecule has 0 bridgehead atoms. The fourth-order valence-electron chi connectivity index (χ4n) is 2.87. The van der Waals surface area contributed by atoms with E-state index in [2.05, 4.69) is 25.7 Å². The van der Waals surface area contributed by atoms with Crippen LogP contribution in [-0.2, 0) is 4.74 Å². The molecule has 1 aromatic rings. The van der Waals surface area contributed by atoms with Crippen LogP contribution in [0.4, 0.5) is 10.7 Å². The highest BCUT2D eigenvalue weighted by Crippen LogP contribution is 2.38. The summed E-state index contributed by atoms with van der Waals surface area (Å²) < 4.78 is 5.04. The van der Waals surface area contributed by atoms with E-state index in [1.807, 2.05) is 6.07 Å². The fraction of sp³-hybridized carbons (Fsp3) is 0.688. The van der Waals surface area contributed by atoms with Gasteiger partial charge in [-0.2, -0.15) is 0 Å². The Labute approximate surface area is 131 Å². The number of piperidine rings is 1. The van der Waals surface area contributed by atoms with Crippen molar-refractivity contribution < 1.29 is 9.53 Å². The zero-order chi connectivity index (χ0) is 15.6. The Morgan fingerprint density at radius 1 is 1.43 bits per heavy atom. The number of anilines is 2. The van der Waals surface area contributed by atoms with E-state index in [1.165, 1.54) is 24.2 Å². The number of carbonyl (C=O) groups excluding carboxylic acids is 1. The van der Waals surface area contributed by atoms with E-state index in [4.69, 9.17) is 10.5 Å². The van der Waals surface area contributed by atoms with E-state index >= 15 is 0 Å². The maximum absolute atomic E-state index is 11.8. The van der Waals surface area contributed by atoms with Gasteiger partial charge < -0.3 is 15.4 Å². The van der Waals surface area contributed by atoms with Crippen LogP contribution in [0.5, 0.6) is 0 Å². The van der Waals surface area contributed by atoms with Crippen LogP contribution in [0.1, 0.15) is 50.2 Å². The van der Waals surface area contributed by atoms with Gasteiger partial charge >= 0.3 is 5.97 Å². The van der Waals surface area contributed by atoms with Gasteiger partial charge in [-0.3, -0.25) is 0 Å². The minimum absolute atomic E-state index is 0.309. The quantitative estimate of drug-likeness (QED) is 0.863. The summed E-state index contributed by atoms with van der Waals surface area (Å²) in [4.78, 5) is 14.7. The van der Waals surface area contributed by atoms with Gasteiger partial charge in [0, 0.05) is 13.1 Å². The molecule has 1 aliphatic heterocycles. The number of thiophene rings is 1. The molecule has 0 aromatic carbocycles. The van der Waals surface area contributed by atoms with E-state index in [9.17, 15) is 4.79 Å². The van der Waals surface area contributed by atoms with Gasteiger partial charge in [-0.25, -0.2) is 4.79 Å². The molecule has 0 amide bonds. The first kappa shape index (κ1) is 16.1. The number of nitrogen functional groups attached to an aromatic ring is 1. The Kier molecular flexibility index (Phi) is 4.81. The van der Waals surface area contributed by atoms with Crippen molar-refractivity contribution in [3.63, 3.8) is 0 Å². The zero-order valence-electron chi connectivity index (χ0n) is 13.4. The molecule has 5 heteroatoms. The molecule has 4 nitrogen and oxygen atoms in total. The highest BCUT2D eigenvalue weighted by Gasteiger charge is 2.29. The summed E-state index contributed by atoms with van der Waals surface area (Å²) in [5, 5.41) is 1.09. The topological polar surface area (TPSA) is 55.6 Å². The van der Waals surface area contributed by atoms with Gasteiger partial charge in [-0.05, 0) is 37.2 Å². The van der Waals surface area contributed by atoms with Crippen molar-refractivity contribution in [2.45, 2.75) is 40.5 Å². The second-order valence-electron chi connectivity index (χ2n) is 6.72. The van der Waals surface area contributed by atoms with Crippen LogP contribution in [0, 0.1) is 11.3 Å². The Balaban J connectivity index is 2.04. The van der Waals surface area contributed by atoms with Gasteiger partial charge in [0.15, 0.2) is 0 Å². The second-order valence-corrected chi connectivity index (χ2v) is 7.75. The SMILES string of the molecule is CCOC(=O)c1sc(N2CCC(C(C)(C)C)CC2)cc1N. The molecule has 2 heterocycles. The second kappa shape index (κ2) is 6.26. The van der Waals surface area contributed by atoms with Gasteiger partial charge in [0.25, 0.3) is 0 Å². The first-order valence-electron chi connectivity index (χ1n) is 7.64. The summed E-state index contributed by atoms with van der Waals surface area (Å²) in [6.07, 6.45) is 2.38. The molecular formula is C16H26N2O2S. The number of hydrogen-bond acceptors (Lipinski definition) is 5. The smallest absolute Gasteiger partial charge is 0.350 e. The Bertz CT molecular complexity index is 497. The van der Waals surface area contributed by atoms with Gasteiger partial charge in [0.2, 0.25) is 0 Å². The molecule has 0 spiro atoms. The molecule has 0 saturated carbocycles. The largest absolute Gasteiger partial charge is 0.462 e. The lowest BCUT2D eigenvalue weighted by Crippen LogP contribution is -2.37. The summed E-state index contributed by atoms with van der Waals surface area (Å²) in [6, 6.07) is 1.91. The number of carbonyl (C=O) groups is 1. The molecule has 2 N–H and O–H groups in total. The van der Waals surface area contributed by atoms with Crippen molar-refractivity contribution in [3.05, 3.63) is 10.9 Å². The molecule has 1 fully saturated rings. The molecule has 1 aliphatic rings. The van der Waals surface area contributed by atoms with E-state index in [-0.39, 0.29) is 5.97 Å². The predicted molar refractivity (Wildman–Crippen MR) is 89.1 cm³/mol. The average molecular weight is 310 g/mol. The first-order valence-corrected chi connectivity index (χ1v) is 8.46. The minimum Gasteiger partial charge on any atom is -0.462 e. The summed E-state index contributed by atoms with van der Waals surface area (Å²) in [7, 11) is 0. The van der Waals surface area contributed by atoms with Gasteiger partial charge in [-0.15, -0.1) is 11.3 Å². The summed E-state index contributed by atoms with van der Waals surface area (Å²) in [5.74, 6) is 0.450. The van der Waals surface area contributed by atoms with Crippen molar-refractivity contribution in [3.8, 4) is 0 Å². The third kappa shape index (κ3) is 3.70. The fourth-order valence-corrected chi connectivity index (χ4v) is 3.90. The first-order chi connectivity index (χ1) is 9.82. The molecular weight excluding hydrogens is 284 g/mol. The monoisotopic (exact) mass is 310 g/mol. The Morgan fingerprint density at radius 3 is 2.57 bits per heavy atom. The summed E-state index contributed by atoms with van der Waals surface area (Å²) >= 11 is 1.45. The van der Waals surface area contributed by atoms with Crippen LogP contribution in [0.25, 0.3) is 0 Å². The third-order valence-electron chi connectivity index (χ3n) is 4.24. The lowest BCUT2D eigenvalue weighted by atomic mass is 9.75. The van der Waals surface area contributed by atoms with Crippen molar-refractivity contribution in [1.29, 1.82) is 0 Å². The number of nitrogens with zero attached hydrogens (tertiary/aromatic N) is 1. The van der Waals surface area contributed by atoms with Gasteiger partial charge in [0.1, 0.15) is 4.88 Å². The van der Waals surface area contributed by atoms with Crippen LogP contribution in [0.2, 0.25) is 0 Å². The number of nitrogens with two attached hydrogens (primary N) is 1. The molecule has 21 heavy (non-hydrogen) atoms. The zero-order valence-corrected chi connectivity index (χ0v) is 14.3. The Morgan fingerprint density at radius 2 is 2.05 bits per heavy atom. The van der Waals surface area contributed by atoms with Crippen LogP contribution in [-0.4, -0.2) is 25.7 Å². The lowest BCUT2D eigenvalue weighted by molar-refractivity contribution is 0.0533. The van der Waals surface area contributed by atoms with Gasteiger partial charge in [-0.1, -0.05) is 20.8 Å². The number of rotatable bonds is 3. The molecule has 0 aliphatic carbocycles. The number of ether oxygens (including phenoxy) is 1. The van der Waals surface area contributed by atoms with Crippen LogP contribution >= 0.6 is 11.3 Å². The summed E-state index contributed by atoms with van der Waals surface area (Å²) in [6.45, 7) is 11.2. The van der Waals surface area contributed by atoms with Crippen molar-refractivity contribution in [2.75, 3.05) is 30.3 Å². The molecule has 2 rings (SSSR count). The third-order valence-corrected chi connectivity index (χ3v) is 5.43. The lowest BCUT2D eigenvalue weighted by Gasteiger charge is -2.39. The average Bonchev–Trinajstić information content (AvgIpc) is 2.80. The predicted octanol–water partition coefficient (Wildman–Crippen LogP) is 3.77. The van der Waals surface area contributed by atoms with Crippen molar-refractivity contribution >= 4 is 28.0 Å². The van der Waals surface area contributed by atoms with E-state index in [1.54, 1.807) is 6.92 Å². The summed E-state index contributed by atoms with van der Waals surface area (Å²) in [5.41, 5.74) is 6.86. The molecule has 0 unspecified atom stereocenters. The van der Waals surface area contributed by atoms with Crippen molar-refractivity contribution in [2.24, 2.45) is 11.3 Å². The normalized spacial score (nSPS) is 17.0. The standard InChI is InChI=1S/C16H26N2O2S/c1-5-20-15(19)14-12(17)10-13(21-14)18-8-6-11(7-9-18)16(2,3)4/h10-11H,5-9,17H2,1-4H3. The van der Waals surface area contributed by atoms with Crippen LogP contribution in [0.15, 0.2) is 6.07 Å². The Hall–Kier alpha value is -1.23. The van der Waals surface area contributed by atoms with Crippen LogP contribution in [0.3, 0.4) is 0 Å². The van der Waals surface area contributed by atoms with E-state index < -0.39 is 0 Å².